The van der Waals surface area contributed by atoms with E-state index in [9.17, 15) is 22.4 Å². The van der Waals surface area contributed by atoms with Crippen LogP contribution in [0, 0.1) is 0 Å². The molecule has 192 valence electrons. The summed E-state index contributed by atoms with van der Waals surface area (Å²) in [5.74, 6) is -0.603. The number of nitrogens with zero attached hydrogens (tertiary/aromatic N) is 4. The maximum absolute atomic E-state index is 14.7. The maximum Gasteiger partial charge on any atom is 0.574 e. The van der Waals surface area contributed by atoms with E-state index in [0.29, 0.717) is 45.1 Å². The van der Waals surface area contributed by atoms with E-state index in [0.717, 1.165) is 12.4 Å². The molecule has 0 radical (unpaired) electrons. The highest BCUT2D eigenvalue weighted by Crippen LogP contribution is 2.31. The number of hydrogen-bond donors (Lipinski definition) is 1. The molecule has 0 amide bonds. The second kappa shape index (κ2) is 10.5. The zero-order chi connectivity index (χ0) is 25.1. The summed E-state index contributed by atoms with van der Waals surface area (Å²) in [6.45, 7) is 0.491. The van der Waals surface area contributed by atoms with Gasteiger partial charge in [-0.25, -0.2) is 19.0 Å². The Balaban J connectivity index is 1.31. The van der Waals surface area contributed by atoms with Crippen LogP contribution in [0.2, 0.25) is 5.02 Å². The molecule has 0 aromatic carbocycles. The smallest absolute Gasteiger partial charge is 0.473 e. The molecule has 35 heavy (non-hydrogen) atoms. The number of alkyl halides is 4. The van der Waals surface area contributed by atoms with Crippen molar-refractivity contribution in [2.45, 2.75) is 62.7 Å². The number of hydrogen-bond acceptors (Lipinski definition) is 8. The predicted molar refractivity (Wildman–Crippen MR) is 117 cm³/mol. The lowest BCUT2D eigenvalue weighted by molar-refractivity contribution is -0.276. The van der Waals surface area contributed by atoms with Crippen LogP contribution in [0.5, 0.6) is 11.8 Å². The summed E-state index contributed by atoms with van der Waals surface area (Å²) in [4.78, 5) is 20.1. The molecule has 0 bridgehead atoms. The van der Waals surface area contributed by atoms with Crippen LogP contribution < -0.4 is 20.3 Å². The third kappa shape index (κ3) is 6.72. The number of aromatic nitrogens is 4. The van der Waals surface area contributed by atoms with Crippen LogP contribution in [0.3, 0.4) is 0 Å². The van der Waals surface area contributed by atoms with Crippen molar-refractivity contribution in [2.75, 3.05) is 25.1 Å². The topological polar surface area (TPSA) is 100 Å². The highest BCUT2D eigenvalue weighted by molar-refractivity contribution is 6.32. The number of nitrogens with one attached hydrogen (secondary N) is 1. The molecule has 3 heterocycles. The van der Waals surface area contributed by atoms with Gasteiger partial charge in [0, 0.05) is 6.61 Å². The summed E-state index contributed by atoms with van der Waals surface area (Å²) in [6.07, 6.45) is 1.45. The van der Waals surface area contributed by atoms with E-state index < -0.39 is 23.5 Å². The lowest BCUT2D eigenvalue weighted by Gasteiger charge is -2.30. The Kier molecular flexibility index (Phi) is 7.64. The van der Waals surface area contributed by atoms with E-state index in [1.807, 2.05) is 0 Å². The van der Waals surface area contributed by atoms with Crippen LogP contribution in [0.4, 0.5) is 23.2 Å². The van der Waals surface area contributed by atoms with Crippen molar-refractivity contribution < 1.29 is 31.8 Å². The number of anilines is 1. The van der Waals surface area contributed by atoms with Gasteiger partial charge in [-0.1, -0.05) is 11.6 Å². The fourth-order valence-corrected chi connectivity index (χ4v) is 4.36. The average molecular weight is 522 g/mol. The van der Waals surface area contributed by atoms with E-state index in [-0.39, 0.29) is 41.9 Å². The van der Waals surface area contributed by atoms with Gasteiger partial charge in [0.2, 0.25) is 11.8 Å². The maximum atomic E-state index is 14.7. The van der Waals surface area contributed by atoms with Gasteiger partial charge in [0.25, 0.3) is 5.56 Å². The average Bonchev–Trinajstić information content (AvgIpc) is 2.82. The summed E-state index contributed by atoms with van der Waals surface area (Å²) in [5, 5.41) is 7.05. The molecule has 9 nitrogen and oxygen atoms in total. The van der Waals surface area contributed by atoms with Gasteiger partial charge in [0.1, 0.15) is 11.1 Å². The molecule has 1 N–H and O–H groups in total. The molecule has 14 heteroatoms. The van der Waals surface area contributed by atoms with Crippen LogP contribution in [-0.2, 0) is 4.74 Å². The molecule has 1 saturated carbocycles. The fraction of sp³-hybridized carbons (Fsp3) is 0.619. The predicted octanol–water partition coefficient (Wildman–Crippen LogP) is 4.08. The highest BCUT2D eigenvalue weighted by Gasteiger charge is 2.34. The van der Waals surface area contributed by atoms with E-state index in [4.69, 9.17) is 21.1 Å². The Labute approximate surface area is 202 Å². The first-order chi connectivity index (χ1) is 16.6. The number of rotatable bonds is 7. The van der Waals surface area contributed by atoms with E-state index in [1.54, 1.807) is 0 Å². The van der Waals surface area contributed by atoms with Gasteiger partial charge in [0.15, 0.2) is 5.67 Å². The molecular formula is C21H24ClF4N5O4. The molecule has 0 spiro atoms. The van der Waals surface area contributed by atoms with Gasteiger partial charge < -0.3 is 19.5 Å². The van der Waals surface area contributed by atoms with Crippen molar-refractivity contribution in [3.63, 3.8) is 0 Å². The van der Waals surface area contributed by atoms with Crippen LogP contribution in [0.25, 0.3) is 0 Å². The minimum absolute atomic E-state index is 0.00944. The summed E-state index contributed by atoms with van der Waals surface area (Å²) in [6, 6.07) is -0.207. The lowest BCUT2D eigenvalue weighted by atomic mass is 9.93. The van der Waals surface area contributed by atoms with Gasteiger partial charge in [-0.2, -0.15) is 5.10 Å². The van der Waals surface area contributed by atoms with Gasteiger partial charge in [-0.15, -0.1) is 13.2 Å². The summed E-state index contributed by atoms with van der Waals surface area (Å²) in [7, 11) is 0. The van der Waals surface area contributed by atoms with Crippen molar-refractivity contribution in [1.82, 2.24) is 19.7 Å². The quantitative estimate of drug-likeness (QED) is 0.544. The molecule has 2 aromatic heterocycles. The minimum atomic E-state index is -4.85. The normalized spacial score (nSPS) is 25.2. The summed E-state index contributed by atoms with van der Waals surface area (Å²) < 4.78 is 67.3. The van der Waals surface area contributed by atoms with Crippen molar-refractivity contribution in [2.24, 2.45) is 0 Å². The van der Waals surface area contributed by atoms with Crippen molar-refractivity contribution in [3.05, 3.63) is 34.0 Å². The monoisotopic (exact) mass is 521 g/mol. The number of ether oxygens (including phenoxy) is 3. The Bertz CT molecular complexity index is 1060. The third-order valence-electron chi connectivity index (χ3n) is 5.92. The molecular weight excluding hydrogens is 498 g/mol. The first kappa shape index (κ1) is 25.4. The lowest BCUT2D eigenvalue weighted by Crippen LogP contribution is -2.41. The second-order valence-electron chi connectivity index (χ2n) is 8.57. The van der Waals surface area contributed by atoms with E-state index in [2.05, 4.69) is 25.1 Å². The Hall–Kier alpha value is -2.67. The summed E-state index contributed by atoms with van der Waals surface area (Å²) in [5.41, 5.74) is -1.73. The van der Waals surface area contributed by atoms with Crippen LogP contribution in [0.1, 0.15) is 44.6 Å². The largest absolute Gasteiger partial charge is 0.574 e. The van der Waals surface area contributed by atoms with Crippen LogP contribution >= 0.6 is 11.6 Å². The van der Waals surface area contributed by atoms with Crippen molar-refractivity contribution >= 4 is 17.3 Å². The molecule has 2 aromatic rings. The SMILES string of the molecule is O=c1c(Cl)c(NC[C@@]2(F)CCCOC2)cnn1[C@H]1CC[C@H](Oc2cnc(OC(F)(F)F)cn2)CC1. The molecule has 1 aliphatic carbocycles. The van der Waals surface area contributed by atoms with Crippen molar-refractivity contribution in [1.29, 1.82) is 0 Å². The second-order valence-corrected chi connectivity index (χ2v) is 8.95. The molecule has 0 unspecified atom stereocenters. The van der Waals surface area contributed by atoms with E-state index in [1.165, 1.54) is 10.9 Å². The van der Waals surface area contributed by atoms with Crippen LogP contribution in [-0.4, -0.2) is 57.6 Å². The molecule has 1 saturated heterocycles. The zero-order valence-corrected chi connectivity index (χ0v) is 19.3. The summed E-state index contributed by atoms with van der Waals surface area (Å²) >= 11 is 6.26. The Morgan fingerprint density at radius 3 is 2.51 bits per heavy atom. The fourth-order valence-electron chi connectivity index (χ4n) is 4.15. The molecule has 2 aliphatic rings. The van der Waals surface area contributed by atoms with Gasteiger partial charge in [-0.05, 0) is 38.5 Å². The van der Waals surface area contributed by atoms with Crippen LogP contribution in [0.15, 0.2) is 23.4 Å². The Morgan fingerprint density at radius 1 is 1.17 bits per heavy atom. The van der Waals surface area contributed by atoms with Gasteiger partial charge in [0.05, 0.1) is 43.5 Å². The van der Waals surface area contributed by atoms with Gasteiger partial charge in [-0.3, -0.25) is 4.79 Å². The molecule has 2 fully saturated rings. The van der Waals surface area contributed by atoms with E-state index >= 15 is 0 Å². The first-order valence-electron chi connectivity index (χ1n) is 11.1. The minimum Gasteiger partial charge on any atom is -0.473 e. The third-order valence-corrected chi connectivity index (χ3v) is 6.28. The Morgan fingerprint density at radius 2 is 1.89 bits per heavy atom. The molecule has 1 aliphatic heterocycles. The standard InChI is InChI=1S/C21H24ClF4N5O4/c22-18-15(29-11-20(23)6-1-7-33-12-20)8-30-31(19(18)32)13-2-4-14(5-3-13)34-16-9-28-17(10-27-16)35-21(24,25)26/h8-10,13-14,29H,1-7,11-12H2/t13-,14-,20-/m0/s1. The molecule has 4 rings (SSSR count). The zero-order valence-electron chi connectivity index (χ0n) is 18.6. The van der Waals surface area contributed by atoms with Gasteiger partial charge >= 0.3 is 6.36 Å². The highest BCUT2D eigenvalue weighted by atomic mass is 35.5. The number of halogens is 5. The molecule has 1 atom stereocenters. The first-order valence-corrected chi connectivity index (χ1v) is 11.5. The van der Waals surface area contributed by atoms with Crippen molar-refractivity contribution in [3.8, 4) is 11.8 Å².